The first-order valence-electron chi connectivity index (χ1n) is 9.82. The average Bonchev–Trinajstić information content (AvgIpc) is 3.19. The molecule has 0 spiro atoms. The number of aryl methyl sites for hydroxylation is 1. The molecule has 0 bridgehead atoms. The molecule has 0 aliphatic carbocycles. The summed E-state index contributed by atoms with van der Waals surface area (Å²) in [6, 6.07) is 7.71. The van der Waals surface area contributed by atoms with E-state index >= 15 is 0 Å². The highest BCUT2D eigenvalue weighted by Gasteiger charge is 2.11. The van der Waals surface area contributed by atoms with Crippen molar-refractivity contribution in [3.8, 4) is 0 Å². The number of guanidine groups is 1. The van der Waals surface area contributed by atoms with Crippen molar-refractivity contribution < 1.29 is 4.79 Å². The Labute approximate surface area is 190 Å². The largest absolute Gasteiger partial charge is 0.355 e. The minimum absolute atomic E-state index is 0. The predicted molar refractivity (Wildman–Crippen MR) is 127 cm³/mol. The van der Waals surface area contributed by atoms with Gasteiger partial charge in [-0.25, -0.2) is 0 Å². The molecule has 0 unspecified atom stereocenters. The monoisotopic (exact) mass is 513 g/mol. The molecule has 0 aliphatic heterocycles. The second-order valence-electron chi connectivity index (χ2n) is 6.32. The van der Waals surface area contributed by atoms with E-state index in [1.165, 1.54) is 0 Å². The third-order valence-corrected chi connectivity index (χ3v) is 4.59. The fourth-order valence-electron chi connectivity index (χ4n) is 2.90. The minimum atomic E-state index is 0. The Morgan fingerprint density at radius 3 is 2.41 bits per heavy atom. The van der Waals surface area contributed by atoms with Gasteiger partial charge in [-0.1, -0.05) is 19.1 Å². The van der Waals surface area contributed by atoms with Crippen molar-refractivity contribution in [2.45, 2.75) is 40.3 Å². The number of nitrogens with one attached hydrogen (secondary N) is 2. The lowest BCUT2D eigenvalue weighted by Gasteiger charge is -2.18. The smallest absolute Gasteiger partial charge is 0.253 e. The van der Waals surface area contributed by atoms with E-state index in [4.69, 9.17) is 0 Å². The predicted octanol–water partition coefficient (Wildman–Crippen LogP) is 2.31. The van der Waals surface area contributed by atoms with Crippen LogP contribution < -0.4 is 10.6 Å². The summed E-state index contributed by atoms with van der Waals surface area (Å²) in [4.78, 5) is 18.4. The molecule has 1 heterocycles. The zero-order valence-electron chi connectivity index (χ0n) is 17.7. The van der Waals surface area contributed by atoms with E-state index in [2.05, 4.69) is 32.7 Å². The number of hydrogen-bond donors (Lipinski definition) is 2. The Bertz CT molecular complexity index is 769. The Hall–Kier alpha value is -2.17. The lowest BCUT2D eigenvalue weighted by atomic mass is 10.1. The van der Waals surface area contributed by atoms with Crippen molar-refractivity contribution in [3.63, 3.8) is 0 Å². The average molecular weight is 513 g/mol. The van der Waals surface area contributed by atoms with Crippen LogP contribution in [0.1, 0.15) is 42.5 Å². The first-order chi connectivity index (χ1) is 13.6. The summed E-state index contributed by atoms with van der Waals surface area (Å²) < 4.78 is 2.03. The van der Waals surface area contributed by atoms with E-state index in [1.54, 1.807) is 13.4 Å². The zero-order chi connectivity index (χ0) is 20.4. The minimum Gasteiger partial charge on any atom is -0.355 e. The number of hydrogen-bond acceptors (Lipinski definition) is 4. The summed E-state index contributed by atoms with van der Waals surface area (Å²) in [6.07, 6.45) is 2.61. The molecular weight excluding hydrogens is 481 g/mol. The van der Waals surface area contributed by atoms with Gasteiger partial charge in [0.25, 0.3) is 5.91 Å². The van der Waals surface area contributed by atoms with Gasteiger partial charge in [-0.2, -0.15) is 0 Å². The van der Waals surface area contributed by atoms with Gasteiger partial charge in [0.05, 0.1) is 0 Å². The van der Waals surface area contributed by atoms with Crippen LogP contribution in [0.3, 0.4) is 0 Å². The molecule has 1 aromatic heterocycles. The fraction of sp³-hybridized carbons (Fsp3) is 0.500. The first kappa shape index (κ1) is 24.9. The molecule has 2 N–H and O–H groups in total. The van der Waals surface area contributed by atoms with E-state index in [0.29, 0.717) is 6.54 Å². The summed E-state index contributed by atoms with van der Waals surface area (Å²) >= 11 is 0. The summed E-state index contributed by atoms with van der Waals surface area (Å²) in [6.45, 7) is 9.61. The number of carbonyl (C=O) groups is 1. The highest BCUT2D eigenvalue weighted by Crippen LogP contribution is 2.08. The summed E-state index contributed by atoms with van der Waals surface area (Å²) in [5, 5.41) is 14.6. The summed E-state index contributed by atoms with van der Waals surface area (Å²) in [5.74, 6) is 1.78. The van der Waals surface area contributed by atoms with Crippen molar-refractivity contribution in [1.29, 1.82) is 0 Å². The van der Waals surface area contributed by atoms with E-state index in [9.17, 15) is 4.79 Å². The molecule has 2 aromatic rings. The topological polar surface area (TPSA) is 87.4 Å². The van der Waals surface area contributed by atoms with Crippen molar-refractivity contribution in [2.24, 2.45) is 4.99 Å². The number of halogens is 1. The quantitative estimate of drug-likeness (QED) is 0.305. The van der Waals surface area contributed by atoms with Gasteiger partial charge in [-0.3, -0.25) is 9.79 Å². The molecule has 0 atom stereocenters. The van der Waals surface area contributed by atoms with Crippen LogP contribution in [0.25, 0.3) is 0 Å². The second-order valence-corrected chi connectivity index (χ2v) is 6.32. The first-order valence-corrected chi connectivity index (χ1v) is 9.82. The van der Waals surface area contributed by atoms with Crippen LogP contribution >= 0.6 is 24.0 Å². The van der Waals surface area contributed by atoms with E-state index in [-0.39, 0.29) is 29.9 Å². The van der Waals surface area contributed by atoms with Crippen molar-refractivity contribution in [2.75, 3.05) is 26.7 Å². The Morgan fingerprint density at radius 2 is 1.83 bits per heavy atom. The number of rotatable bonds is 9. The van der Waals surface area contributed by atoms with Crippen molar-refractivity contribution >= 4 is 35.8 Å². The molecule has 0 fully saturated rings. The van der Waals surface area contributed by atoms with E-state index < -0.39 is 0 Å². The van der Waals surface area contributed by atoms with Crippen LogP contribution in [0.2, 0.25) is 0 Å². The second kappa shape index (κ2) is 13.1. The van der Waals surface area contributed by atoms with Crippen LogP contribution in [0.15, 0.2) is 35.6 Å². The highest BCUT2D eigenvalue weighted by molar-refractivity contribution is 14.0. The van der Waals surface area contributed by atoms with Gasteiger partial charge in [0.1, 0.15) is 12.2 Å². The van der Waals surface area contributed by atoms with Gasteiger partial charge in [0.2, 0.25) is 0 Å². The maximum atomic E-state index is 12.4. The molecule has 29 heavy (non-hydrogen) atoms. The molecular formula is C20H32IN7O. The lowest BCUT2D eigenvalue weighted by molar-refractivity contribution is 0.0773. The standard InChI is InChI=1S/C20H31N7O.HI/c1-5-18-25-24-15-27(18)13-12-22-20(21-4)23-14-16-8-10-17(11-9-16)19(28)26(6-2)7-3;/h8-11,15H,5-7,12-14H2,1-4H3,(H2,21,22,23);1H. The van der Waals surface area contributed by atoms with Crippen molar-refractivity contribution in [3.05, 3.63) is 47.5 Å². The third kappa shape index (κ3) is 7.30. The Kier molecular flexibility index (Phi) is 11.3. The number of carbonyl (C=O) groups excluding carboxylic acids is 1. The van der Waals surface area contributed by atoms with Gasteiger partial charge in [-0.05, 0) is 31.5 Å². The summed E-state index contributed by atoms with van der Waals surface area (Å²) in [5.41, 5.74) is 1.81. The van der Waals surface area contributed by atoms with Gasteiger partial charge < -0.3 is 20.1 Å². The van der Waals surface area contributed by atoms with Crippen LogP contribution in [0.4, 0.5) is 0 Å². The summed E-state index contributed by atoms with van der Waals surface area (Å²) in [7, 11) is 1.75. The van der Waals surface area contributed by atoms with Gasteiger partial charge >= 0.3 is 0 Å². The Balaban J connectivity index is 0.00000420. The molecule has 160 valence electrons. The molecule has 8 nitrogen and oxygen atoms in total. The van der Waals surface area contributed by atoms with Gasteiger partial charge in [0.15, 0.2) is 5.96 Å². The molecule has 0 saturated heterocycles. The van der Waals surface area contributed by atoms with Gasteiger partial charge in [-0.15, -0.1) is 34.2 Å². The van der Waals surface area contributed by atoms with Crippen molar-refractivity contribution in [1.82, 2.24) is 30.3 Å². The van der Waals surface area contributed by atoms with E-state index in [0.717, 1.165) is 55.5 Å². The lowest BCUT2D eigenvalue weighted by Crippen LogP contribution is -2.38. The molecule has 9 heteroatoms. The molecule has 2 rings (SSSR count). The van der Waals surface area contributed by atoms with E-state index in [1.807, 2.05) is 47.6 Å². The number of amides is 1. The van der Waals surface area contributed by atoms with Gasteiger partial charge in [0, 0.05) is 51.8 Å². The molecule has 0 aliphatic rings. The fourth-order valence-corrected chi connectivity index (χ4v) is 2.90. The SMILES string of the molecule is CCc1nncn1CCNC(=NC)NCc1ccc(C(=O)N(CC)CC)cc1.I. The molecule has 1 aromatic carbocycles. The number of benzene rings is 1. The molecule has 0 radical (unpaired) electrons. The van der Waals surface area contributed by atoms with Crippen LogP contribution in [0.5, 0.6) is 0 Å². The normalized spacial score (nSPS) is 11.0. The molecule has 0 saturated carbocycles. The number of aromatic nitrogens is 3. The maximum absolute atomic E-state index is 12.4. The Morgan fingerprint density at radius 1 is 1.14 bits per heavy atom. The van der Waals surface area contributed by atoms with Crippen LogP contribution in [-0.4, -0.2) is 58.2 Å². The maximum Gasteiger partial charge on any atom is 0.253 e. The number of nitrogens with zero attached hydrogens (tertiary/aromatic N) is 5. The third-order valence-electron chi connectivity index (χ3n) is 4.59. The number of aliphatic imine (C=N–C) groups is 1. The zero-order valence-corrected chi connectivity index (χ0v) is 20.0. The highest BCUT2D eigenvalue weighted by atomic mass is 127. The van der Waals surface area contributed by atoms with Crippen LogP contribution in [0, 0.1) is 0 Å². The van der Waals surface area contributed by atoms with Crippen LogP contribution in [-0.2, 0) is 19.5 Å². The molecule has 1 amide bonds.